The molecule has 0 saturated carbocycles. The number of nitrogens with one attached hydrogen (secondary N) is 1. The van der Waals surface area contributed by atoms with Gasteiger partial charge >= 0.3 is 0 Å². The molecule has 0 bridgehead atoms. The topological polar surface area (TPSA) is 38.8 Å². The highest BCUT2D eigenvalue weighted by atomic mass is 16.2. The first-order valence-electron chi connectivity index (χ1n) is 10.9. The van der Waals surface area contributed by atoms with Crippen LogP contribution in [0.25, 0.3) is 0 Å². The first-order valence-corrected chi connectivity index (χ1v) is 10.9. The van der Waals surface area contributed by atoms with E-state index in [-0.39, 0.29) is 5.91 Å². The molecule has 2 fully saturated rings. The van der Waals surface area contributed by atoms with Gasteiger partial charge in [0, 0.05) is 44.1 Å². The van der Waals surface area contributed by atoms with Crippen LogP contribution < -0.4 is 10.2 Å². The van der Waals surface area contributed by atoms with Crippen molar-refractivity contribution in [2.45, 2.75) is 25.8 Å². The molecular weight excluding hydrogens is 360 g/mol. The van der Waals surface area contributed by atoms with E-state index in [0.29, 0.717) is 6.54 Å². The minimum Gasteiger partial charge on any atom is -0.369 e. The van der Waals surface area contributed by atoms with E-state index in [1.165, 1.54) is 30.5 Å². The third-order valence-corrected chi connectivity index (χ3v) is 5.95. The fourth-order valence-corrected chi connectivity index (χ4v) is 4.28. The van der Waals surface area contributed by atoms with Crippen molar-refractivity contribution in [3.8, 4) is 0 Å². The summed E-state index contributed by atoms with van der Waals surface area (Å²) in [5, 5.41) is 3.05. The zero-order chi connectivity index (χ0) is 19.9. The van der Waals surface area contributed by atoms with Crippen LogP contribution in [0.4, 0.5) is 11.4 Å². The number of benzene rings is 2. The van der Waals surface area contributed by atoms with Crippen molar-refractivity contribution in [1.29, 1.82) is 0 Å². The van der Waals surface area contributed by atoms with Crippen LogP contribution in [-0.4, -0.2) is 61.5 Å². The second-order valence-electron chi connectivity index (χ2n) is 8.18. The second-order valence-corrected chi connectivity index (χ2v) is 8.18. The monoisotopic (exact) mass is 392 g/mol. The number of hydrogen-bond acceptors (Lipinski definition) is 4. The van der Waals surface area contributed by atoms with Crippen molar-refractivity contribution < 1.29 is 4.79 Å². The van der Waals surface area contributed by atoms with Crippen LogP contribution in [0.1, 0.15) is 24.8 Å². The Bertz CT molecular complexity index is 763. The molecule has 0 aromatic heterocycles. The Balaban J connectivity index is 1.23. The first-order chi connectivity index (χ1) is 14.3. The van der Waals surface area contributed by atoms with Gasteiger partial charge in [-0.1, -0.05) is 36.8 Å². The fraction of sp³-hybridized carbons (Fsp3) is 0.458. The summed E-state index contributed by atoms with van der Waals surface area (Å²) in [4.78, 5) is 19.5. The van der Waals surface area contributed by atoms with Crippen LogP contribution in [0.2, 0.25) is 0 Å². The Hall–Kier alpha value is -2.37. The largest absolute Gasteiger partial charge is 0.369 e. The molecule has 2 heterocycles. The number of rotatable bonds is 6. The molecule has 2 saturated heterocycles. The third kappa shape index (κ3) is 5.81. The number of carbonyl (C=O) groups is 1. The summed E-state index contributed by atoms with van der Waals surface area (Å²) < 4.78 is 0. The Morgan fingerprint density at radius 2 is 1.45 bits per heavy atom. The van der Waals surface area contributed by atoms with Gasteiger partial charge in [-0.25, -0.2) is 0 Å². The highest BCUT2D eigenvalue weighted by Gasteiger charge is 2.18. The molecule has 2 aromatic carbocycles. The summed E-state index contributed by atoms with van der Waals surface area (Å²) in [5.74, 6) is 0.0918. The van der Waals surface area contributed by atoms with E-state index < -0.39 is 0 Å². The number of carbonyl (C=O) groups excluding carboxylic acids is 1. The Labute approximate surface area is 174 Å². The molecule has 154 valence electrons. The fourth-order valence-electron chi connectivity index (χ4n) is 4.28. The lowest BCUT2D eigenvalue weighted by Gasteiger charge is -2.36. The minimum absolute atomic E-state index is 0.0918. The number of amides is 1. The molecule has 1 N–H and O–H groups in total. The Morgan fingerprint density at radius 1 is 0.759 bits per heavy atom. The summed E-state index contributed by atoms with van der Waals surface area (Å²) in [6.07, 6.45) is 3.71. The highest BCUT2D eigenvalue weighted by molar-refractivity contribution is 5.92. The highest BCUT2D eigenvalue weighted by Crippen LogP contribution is 2.20. The summed E-state index contributed by atoms with van der Waals surface area (Å²) in [5.41, 5.74) is 3.50. The van der Waals surface area contributed by atoms with E-state index in [4.69, 9.17) is 0 Å². The van der Waals surface area contributed by atoms with Gasteiger partial charge in [0.05, 0.1) is 6.54 Å². The van der Waals surface area contributed by atoms with E-state index in [1.54, 1.807) is 0 Å². The predicted molar refractivity (Wildman–Crippen MR) is 119 cm³/mol. The molecule has 2 aliphatic rings. The second kappa shape index (κ2) is 9.90. The third-order valence-electron chi connectivity index (χ3n) is 5.95. The Kier molecular flexibility index (Phi) is 6.80. The van der Waals surface area contributed by atoms with Gasteiger partial charge in [-0.2, -0.15) is 0 Å². The van der Waals surface area contributed by atoms with Crippen molar-refractivity contribution in [1.82, 2.24) is 9.80 Å². The van der Waals surface area contributed by atoms with Crippen molar-refractivity contribution in [2.75, 3.05) is 56.0 Å². The van der Waals surface area contributed by atoms with Gasteiger partial charge in [-0.05, 0) is 55.8 Å². The number of piperidine rings is 1. The van der Waals surface area contributed by atoms with Gasteiger partial charge in [0.1, 0.15) is 0 Å². The first kappa shape index (κ1) is 19.9. The number of piperazine rings is 1. The maximum absolute atomic E-state index is 12.3. The lowest BCUT2D eigenvalue weighted by Crippen LogP contribution is -2.45. The van der Waals surface area contributed by atoms with E-state index in [9.17, 15) is 4.79 Å². The van der Waals surface area contributed by atoms with Crippen molar-refractivity contribution in [3.63, 3.8) is 0 Å². The number of anilines is 2. The van der Waals surface area contributed by atoms with Crippen molar-refractivity contribution >= 4 is 17.3 Å². The lowest BCUT2D eigenvalue weighted by atomic mass is 10.1. The Morgan fingerprint density at radius 3 is 2.14 bits per heavy atom. The van der Waals surface area contributed by atoms with E-state index in [1.807, 2.05) is 12.1 Å². The van der Waals surface area contributed by atoms with Gasteiger partial charge in [0.15, 0.2) is 0 Å². The lowest BCUT2D eigenvalue weighted by molar-refractivity contribution is -0.117. The molecular formula is C24H32N4O. The molecule has 0 aliphatic carbocycles. The molecule has 0 unspecified atom stereocenters. The zero-order valence-electron chi connectivity index (χ0n) is 17.2. The van der Waals surface area contributed by atoms with Gasteiger partial charge in [0.25, 0.3) is 0 Å². The number of hydrogen-bond donors (Lipinski definition) is 1. The van der Waals surface area contributed by atoms with E-state index >= 15 is 0 Å². The van der Waals surface area contributed by atoms with Crippen LogP contribution in [0, 0.1) is 0 Å². The molecule has 0 radical (unpaired) electrons. The molecule has 5 heteroatoms. The molecule has 0 atom stereocenters. The van der Waals surface area contributed by atoms with Crippen LogP contribution in [0.3, 0.4) is 0 Å². The van der Waals surface area contributed by atoms with E-state index in [0.717, 1.165) is 51.5 Å². The molecule has 29 heavy (non-hydrogen) atoms. The summed E-state index contributed by atoms with van der Waals surface area (Å²) in [6, 6.07) is 19.0. The van der Waals surface area contributed by atoms with Crippen molar-refractivity contribution in [3.05, 3.63) is 60.2 Å². The molecule has 2 aromatic rings. The van der Waals surface area contributed by atoms with Gasteiger partial charge in [-0.3, -0.25) is 14.6 Å². The maximum atomic E-state index is 12.3. The van der Waals surface area contributed by atoms with Crippen LogP contribution in [-0.2, 0) is 11.3 Å². The molecule has 1 amide bonds. The van der Waals surface area contributed by atoms with Gasteiger partial charge in [-0.15, -0.1) is 0 Å². The predicted octanol–water partition coefficient (Wildman–Crippen LogP) is 3.43. The molecule has 2 aliphatic heterocycles. The summed E-state index contributed by atoms with van der Waals surface area (Å²) >= 11 is 0. The van der Waals surface area contributed by atoms with Crippen molar-refractivity contribution in [2.24, 2.45) is 0 Å². The van der Waals surface area contributed by atoms with Crippen LogP contribution in [0.15, 0.2) is 54.6 Å². The standard InChI is InChI=1S/C24H32N4O/c29-24(20-26-13-5-2-6-14-26)25-22-9-11-23(12-10-22)28-17-15-27(16-18-28)19-21-7-3-1-4-8-21/h1,3-4,7-12H,2,5-6,13-20H2,(H,25,29). The SMILES string of the molecule is O=C(CN1CCCCC1)Nc1ccc(N2CCN(Cc3ccccc3)CC2)cc1. The molecule has 0 spiro atoms. The number of likely N-dealkylation sites (tertiary alicyclic amines) is 1. The van der Waals surface area contributed by atoms with Crippen LogP contribution >= 0.6 is 0 Å². The molecule has 4 rings (SSSR count). The normalized spacial score (nSPS) is 18.6. The summed E-state index contributed by atoms with van der Waals surface area (Å²) in [6.45, 7) is 7.83. The minimum atomic E-state index is 0.0918. The maximum Gasteiger partial charge on any atom is 0.238 e. The number of nitrogens with zero attached hydrogens (tertiary/aromatic N) is 3. The average Bonchev–Trinajstić information content (AvgIpc) is 2.76. The zero-order valence-corrected chi connectivity index (χ0v) is 17.2. The van der Waals surface area contributed by atoms with Crippen LogP contribution in [0.5, 0.6) is 0 Å². The van der Waals surface area contributed by atoms with Gasteiger partial charge in [0.2, 0.25) is 5.91 Å². The van der Waals surface area contributed by atoms with E-state index in [2.05, 4.69) is 62.5 Å². The quantitative estimate of drug-likeness (QED) is 0.817. The van der Waals surface area contributed by atoms with Gasteiger partial charge < -0.3 is 10.2 Å². The smallest absolute Gasteiger partial charge is 0.238 e. The molecule has 5 nitrogen and oxygen atoms in total. The summed E-state index contributed by atoms with van der Waals surface area (Å²) in [7, 11) is 0. The average molecular weight is 393 g/mol.